The summed E-state index contributed by atoms with van der Waals surface area (Å²) in [6.07, 6.45) is 1.35. The Morgan fingerprint density at radius 2 is 1.81 bits per heavy atom. The number of imide groups is 2. The molecule has 3 rings (SSSR count). The van der Waals surface area contributed by atoms with Gasteiger partial charge in [0.1, 0.15) is 5.57 Å². The van der Waals surface area contributed by atoms with Crippen molar-refractivity contribution in [1.29, 1.82) is 0 Å². The van der Waals surface area contributed by atoms with Gasteiger partial charge in [-0.25, -0.2) is 9.69 Å². The molecule has 2 N–H and O–H groups in total. The van der Waals surface area contributed by atoms with E-state index in [0.717, 1.165) is 10.5 Å². The Kier molecular flexibility index (Phi) is 4.94. The first-order chi connectivity index (χ1) is 12.9. The molecular formula is C20H18N2O5. The zero-order valence-electron chi connectivity index (χ0n) is 14.9. The number of urea groups is 1. The Morgan fingerprint density at radius 1 is 1.11 bits per heavy atom. The number of aryl methyl sites for hydroxylation is 1. The van der Waals surface area contributed by atoms with Gasteiger partial charge in [-0.15, -0.1) is 0 Å². The third-order valence-electron chi connectivity index (χ3n) is 3.99. The van der Waals surface area contributed by atoms with Crippen molar-refractivity contribution in [3.8, 4) is 11.5 Å². The molecule has 0 atom stereocenters. The Hall–Kier alpha value is -3.61. The average Bonchev–Trinajstić information content (AvgIpc) is 2.63. The number of ether oxygens (including phenoxy) is 1. The highest BCUT2D eigenvalue weighted by atomic mass is 16.5. The third kappa shape index (κ3) is 3.67. The topological polar surface area (TPSA) is 95.9 Å². The van der Waals surface area contributed by atoms with Crippen molar-refractivity contribution in [2.45, 2.75) is 13.8 Å². The molecule has 7 heteroatoms. The Bertz CT molecular complexity index is 947. The first kappa shape index (κ1) is 18.2. The summed E-state index contributed by atoms with van der Waals surface area (Å²) in [7, 11) is 0. The normalized spacial score (nSPS) is 15.9. The molecule has 0 aromatic heterocycles. The van der Waals surface area contributed by atoms with Crippen molar-refractivity contribution in [2.24, 2.45) is 0 Å². The van der Waals surface area contributed by atoms with E-state index in [1.807, 2.05) is 6.92 Å². The van der Waals surface area contributed by atoms with E-state index in [-0.39, 0.29) is 17.1 Å². The van der Waals surface area contributed by atoms with E-state index in [0.29, 0.717) is 17.9 Å². The van der Waals surface area contributed by atoms with Gasteiger partial charge < -0.3 is 9.84 Å². The van der Waals surface area contributed by atoms with Gasteiger partial charge >= 0.3 is 6.03 Å². The minimum atomic E-state index is -0.799. The van der Waals surface area contributed by atoms with E-state index in [4.69, 9.17) is 4.74 Å². The molecule has 0 radical (unpaired) electrons. The minimum absolute atomic E-state index is 0.0464. The number of aromatic hydroxyl groups is 1. The van der Waals surface area contributed by atoms with Crippen LogP contribution < -0.4 is 15.0 Å². The summed E-state index contributed by atoms with van der Waals surface area (Å²) in [6.45, 7) is 4.01. The molecule has 27 heavy (non-hydrogen) atoms. The van der Waals surface area contributed by atoms with Crippen LogP contribution in [-0.2, 0) is 9.59 Å². The predicted octanol–water partition coefficient (Wildman–Crippen LogP) is 2.77. The summed E-state index contributed by atoms with van der Waals surface area (Å²) in [5.41, 5.74) is 1.63. The zero-order chi connectivity index (χ0) is 19.6. The number of nitrogens with zero attached hydrogens (tertiary/aromatic N) is 1. The SMILES string of the molecule is CCOc1cc(/C=C2\C(=O)NC(=O)N(c3ccc(C)cc3)C2=O)ccc1O. The number of barbiturate groups is 1. The molecule has 0 unspecified atom stereocenters. The van der Waals surface area contributed by atoms with Crippen LogP contribution in [0.15, 0.2) is 48.0 Å². The van der Waals surface area contributed by atoms with Crippen LogP contribution >= 0.6 is 0 Å². The summed E-state index contributed by atoms with van der Waals surface area (Å²) in [5.74, 6) is -1.31. The number of benzene rings is 2. The Balaban J connectivity index is 1.99. The van der Waals surface area contributed by atoms with E-state index < -0.39 is 17.8 Å². The van der Waals surface area contributed by atoms with Crippen LogP contribution in [0, 0.1) is 6.92 Å². The third-order valence-corrected chi connectivity index (χ3v) is 3.99. The standard InChI is InChI=1S/C20H18N2O5/c1-3-27-17-11-13(6-9-16(17)23)10-15-18(24)21-20(26)22(19(15)25)14-7-4-12(2)5-8-14/h4-11,23H,3H2,1-2H3,(H,21,24,26)/b15-10+. The molecule has 1 aliphatic rings. The quantitative estimate of drug-likeness (QED) is 0.641. The maximum absolute atomic E-state index is 12.8. The molecule has 7 nitrogen and oxygen atoms in total. The number of phenolic OH excluding ortho intramolecular Hbond substituents is 1. The molecule has 0 spiro atoms. The predicted molar refractivity (Wildman–Crippen MR) is 99.5 cm³/mol. The van der Waals surface area contributed by atoms with Gasteiger partial charge in [-0.3, -0.25) is 14.9 Å². The Morgan fingerprint density at radius 3 is 2.48 bits per heavy atom. The molecule has 2 aromatic rings. The number of carbonyl (C=O) groups excluding carboxylic acids is 3. The van der Waals surface area contributed by atoms with Crippen LogP contribution in [0.5, 0.6) is 11.5 Å². The Labute approximate surface area is 155 Å². The van der Waals surface area contributed by atoms with Gasteiger partial charge in [-0.05, 0) is 49.8 Å². The molecule has 0 saturated carbocycles. The fourth-order valence-electron chi connectivity index (χ4n) is 2.64. The lowest BCUT2D eigenvalue weighted by Crippen LogP contribution is -2.54. The van der Waals surface area contributed by atoms with Crippen LogP contribution in [0.2, 0.25) is 0 Å². The number of nitrogens with one attached hydrogen (secondary N) is 1. The van der Waals surface area contributed by atoms with Gasteiger partial charge in [0.25, 0.3) is 11.8 Å². The van der Waals surface area contributed by atoms with Gasteiger partial charge in [0, 0.05) is 0 Å². The maximum atomic E-state index is 12.8. The maximum Gasteiger partial charge on any atom is 0.335 e. The second-order valence-corrected chi connectivity index (χ2v) is 5.95. The summed E-state index contributed by atoms with van der Waals surface area (Å²) < 4.78 is 5.31. The molecule has 1 heterocycles. The summed E-state index contributed by atoms with van der Waals surface area (Å²) >= 11 is 0. The fraction of sp³-hybridized carbons (Fsp3) is 0.150. The van der Waals surface area contributed by atoms with Crippen LogP contribution in [0.1, 0.15) is 18.1 Å². The van der Waals surface area contributed by atoms with E-state index in [1.54, 1.807) is 31.2 Å². The van der Waals surface area contributed by atoms with Crippen LogP contribution in [0.25, 0.3) is 6.08 Å². The molecule has 1 fully saturated rings. The van der Waals surface area contributed by atoms with Crippen molar-refractivity contribution in [1.82, 2.24) is 5.32 Å². The number of rotatable bonds is 4. The molecule has 0 bridgehead atoms. The number of hydrogen-bond acceptors (Lipinski definition) is 5. The highest BCUT2D eigenvalue weighted by Crippen LogP contribution is 2.29. The summed E-state index contributed by atoms with van der Waals surface area (Å²) in [6, 6.07) is 10.5. The summed E-state index contributed by atoms with van der Waals surface area (Å²) in [4.78, 5) is 38.1. The largest absolute Gasteiger partial charge is 0.504 e. The smallest absolute Gasteiger partial charge is 0.335 e. The van der Waals surface area contributed by atoms with Gasteiger partial charge in [0.2, 0.25) is 0 Å². The number of phenols is 1. The van der Waals surface area contributed by atoms with Gasteiger partial charge in [-0.2, -0.15) is 0 Å². The van der Waals surface area contributed by atoms with Crippen LogP contribution in [0.4, 0.5) is 10.5 Å². The highest BCUT2D eigenvalue weighted by molar-refractivity contribution is 6.39. The van der Waals surface area contributed by atoms with Crippen molar-refractivity contribution in [3.05, 3.63) is 59.2 Å². The second-order valence-electron chi connectivity index (χ2n) is 5.95. The fourth-order valence-corrected chi connectivity index (χ4v) is 2.64. The number of hydrogen-bond donors (Lipinski definition) is 2. The van der Waals surface area contributed by atoms with Gasteiger partial charge in [0.15, 0.2) is 11.5 Å². The van der Waals surface area contributed by atoms with E-state index in [9.17, 15) is 19.5 Å². The van der Waals surface area contributed by atoms with E-state index in [2.05, 4.69) is 5.32 Å². The molecule has 2 aromatic carbocycles. The zero-order valence-corrected chi connectivity index (χ0v) is 14.9. The second kappa shape index (κ2) is 7.33. The van der Waals surface area contributed by atoms with Crippen molar-refractivity contribution >= 4 is 29.6 Å². The highest BCUT2D eigenvalue weighted by Gasteiger charge is 2.36. The van der Waals surface area contributed by atoms with Crippen molar-refractivity contribution in [2.75, 3.05) is 11.5 Å². The molecular weight excluding hydrogens is 348 g/mol. The average molecular weight is 366 g/mol. The van der Waals surface area contributed by atoms with Gasteiger partial charge in [0.05, 0.1) is 12.3 Å². The lowest BCUT2D eigenvalue weighted by Gasteiger charge is -2.26. The number of anilines is 1. The molecule has 0 aliphatic carbocycles. The molecule has 138 valence electrons. The molecule has 1 aliphatic heterocycles. The van der Waals surface area contributed by atoms with E-state index in [1.165, 1.54) is 24.3 Å². The first-order valence-corrected chi connectivity index (χ1v) is 8.34. The van der Waals surface area contributed by atoms with Crippen molar-refractivity contribution in [3.63, 3.8) is 0 Å². The number of amides is 4. The lowest BCUT2D eigenvalue weighted by atomic mass is 10.1. The number of carbonyl (C=O) groups is 3. The van der Waals surface area contributed by atoms with Gasteiger partial charge in [-0.1, -0.05) is 23.8 Å². The van der Waals surface area contributed by atoms with Crippen LogP contribution in [0.3, 0.4) is 0 Å². The van der Waals surface area contributed by atoms with E-state index >= 15 is 0 Å². The minimum Gasteiger partial charge on any atom is -0.504 e. The monoisotopic (exact) mass is 366 g/mol. The van der Waals surface area contributed by atoms with Crippen LogP contribution in [-0.4, -0.2) is 29.6 Å². The molecule has 4 amide bonds. The first-order valence-electron chi connectivity index (χ1n) is 8.34. The lowest BCUT2D eigenvalue weighted by molar-refractivity contribution is -0.122. The molecule has 1 saturated heterocycles. The summed E-state index contributed by atoms with van der Waals surface area (Å²) in [5, 5.41) is 12.0. The van der Waals surface area contributed by atoms with Crippen molar-refractivity contribution < 1.29 is 24.2 Å².